The average Bonchev–Trinajstić information content (AvgIpc) is 2.23. The number of aliphatic hydroxyl groups is 2. The van der Waals surface area contributed by atoms with E-state index in [1.807, 2.05) is 6.07 Å². The average molecular weight is 204 g/mol. The highest BCUT2D eigenvalue weighted by molar-refractivity contribution is 5.39. The molecular weight excluding hydrogens is 188 g/mol. The predicted molar refractivity (Wildman–Crippen MR) is 57.6 cm³/mol. The van der Waals surface area contributed by atoms with Gasteiger partial charge < -0.3 is 10.2 Å². The van der Waals surface area contributed by atoms with Gasteiger partial charge in [0.25, 0.3) is 0 Å². The SMILES string of the molecule is OC[C@@H]1C[C@@]2(O)CCc3ccccc3[C@@H]12. The maximum absolute atomic E-state index is 10.4. The monoisotopic (exact) mass is 204 g/mol. The molecule has 2 nitrogen and oxygen atoms in total. The molecule has 2 N–H and O–H groups in total. The van der Waals surface area contributed by atoms with E-state index in [9.17, 15) is 10.2 Å². The standard InChI is InChI=1S/C13H16O2/c14-8-10-7-13(15)6-5-9-3-1-2-4-11(9)12(10)13/h1-4,10,12,14-15H,5-8H2/t10-,12+,13-/m0/s1. The van der Waals surface area contributed by atoms with E-state index in [1.165, 1.54) is 11.1 Å². The number of hydrogen-bond acceptors (Lipinski definition) is 2. The minimum absolute atomic E-state index is 0.174. The maximum atomic E-state index is 10.4. The topological polar surface area (TPSA) is 40.5 Å². The second-order valence-corrected chi connectivity index (χ2v) is 4.93. The summed E-state index contributed by atoms with van der Waals surface area (Å²) < 4.78 is 0. The molecule has 0 aliphatic heterocycles. The van der Waals surface area contributed by atoms with Gasteiger partial charge in [-0.05, 0) is 36.3 Å². The molecule has 1 saturated carbocycles. The van der Waals surface area contributed by atoms with Gasteiger partial charge in [0.15, 0.2) is 0 Å². The Morgan fingerprint density at radius 1 is 1.33 bits per heavy atom. The lowest BCUT2D eigenvalue weighted by molar-refractivity contribution is -0.123. The van der Waals surface area contributed by atoms with Gasteiger partial charge in [-0.15, -0.1) is 0 Å². The number of aryl methyl sites for hydroxylation is 1. The summed E-state index contributed by atoms with van der Waals surface area (Å²) in [5.74, 6) is 0.434. The summed E-state index contributed by atoms with van der Waals surface area (Å²) in [4.78, 5) is 0. The van der Waals surface area contributed by atoms with Crippen LogP contribution in [-0.4, -0.2) is 22.4 Å². The first-order valence-corrected chi connectivity index (χ1v) is 5.66. The Labute approximate surface area is 89.6 Å². The normalized spacial score (nSPS) is 37.7. The van der Waals surface area contributed by atoms with E-state index < -0.39 is 5.60 Å². The van der Waals surface area contributed by atoms with Crippen molar-refractivity contribution in [1.82, 2.24) is 0 Å². The minimum Gasteiger partial charge on any atom is -0.396 e. The van der Waals surface area contributed by atoms with Crippen LogP contribution in [0.2, 0.25) is 0 Å². The molecule has 0 radical (unpaired) electrons. The first-order valence-electron chi connectivity index (χ1n) is 5.66. The molecule has 2 heteroatoms. The molecule has 80 valence electrons. The van der Waals surface area contributed by atoms with Crippen LogP contribution in [0, 0.1) is 5.92 Å². The van der Waals surface area contributed by atoms with Gasteiger partial charge in [-0.3, -0.25) is 0 Å². The molecule has 0 heterocycles. The van der Waals surface area contributed by atoms with Crippen LogP contribution in [0.3, 0.4) is 0 Å². The third-order valence-corrected chi connectivity index (χ3v) is 4.12. The summed E-state index contributed by atoms with van der Waals surface area (Å²) in [6.45, 7) is 0.196. The van der Waals surface area contributed by atoms with Gasteiger partial charge in [0.1, 0.15) is 0 Å². The van der Waals surface area contributed by atoms with Crippen LogP contribution < -0.4 is 0 Å². The zero-order chi connectivity index (χ0) is 10.5. The van der Waals surface area contributed by atoms with E-state index in [-0.39, 0.29) is 18.4 Å². The molecule has 0 bridgehead atoms. The molecule has 0 aromatic heterocycles. The van der Waals surface area contributed by atoms with Crippen molar-refractivity contribution in [3.05, 3.63) is 35.4 Å². The highest BCUT2D eigenvalue weighted by Gasteiger charge is 2.54. The van der Waals surface area contributed by atoms with Crippen molar-refractivity contribution in [3.8, 4) is 0 Å². The zero-order valence-corrected chi connectivity index (χ0v) is 8.69. The van der Waals surface area contributed by atoms with Crippen molar-refractivity contribution in [2.75, 3.05) is 6.61 Å². The van der Waals surface area contributed by atoms with E-state index in [4.69, 9.17) is 0 Å². The van der Waals surface area contributed by atoms with Crippen LogP contribution in [-0.2, 0) is 6.42 Å². The molecule has 15 heavy (non-hydrogen) atoms. The second-order valence-electron chi connectivity index (χ2n) is 4.93. The van der Waals surface area contributed by atoms with Crippen molar-refractivity contribution in [2.24, 2.45) is 5.92 Å². The van der Waals surface area contributed by atoms with Gasteiger partial charge >= 0.3 is 0 Å². The Bertz CT molecular complexity index is 388. The third-order valence-electron chi connectivity index (χ3n) is 4.12. The number of fused-ring (bicyclic) bond motifs is 3. The van der Waals surface area contributed by atoms with E-state index >= 15 is 0 Å². The summed E-state index contributed by atoms with van der Waals surface area (Å²) >= 11 is 0. The van der Waals surface area contributed by atoms with E-state index in [0.29, 0.717) is 0 Å². The quantitative estimate of drug-likeness (QED) is 0.727. The molecule has 1 aromatic rings. The lowest BCUT2D eigenvalue weighted by Crippen LogP contribution is -2.55. The van der Waals surface area contributed by atoms with Crippen molar-refractivity contribution < 1.29 is 10.2 Å². The highest BCUT2D eigenvalue weighted by Crippen LogP contribution is 2.56. The van der Waals surface area contributed by atoms with Gasteiger partial charge in [-0.25, -0.2) is 0 Å². The Balaban J connectivity index is 2.04. The molecule has 1 fully saturated rings. The first-order chi connectivity index (χ1) is 7.24. The largest absolute Gasteiger partial charge is 0.396 e. The summed E-state index contributed by atoms with van der Waals surface area (Å²) in [6.07, 6.45) is 2.59. The van der Waals surface area contributed by atoms with Gasteiger partial charge in [0.05, 0.1) is 5.60 Å². The fourth-order valence-electron chi connectivity index (χ4n) is 3.36. The maximum Gasteiger partial charge on any atom is 0.0726 e. The summed E-state index contributed by atoms with van der Waals surface area (Å²) in [7, 11) is 0. The van der Waals surface area contributed by atoms with Crippen molar-refractivity contribution >= 4 is 0 Å². The predicted octanol–water partition coefficient (Wildman–Crippen LogP) is 1.46. The number of rotatable bonds is 1. The number of benzene rings is 1. The van der Waals surface area contributed by atoms with Crippen LogP contribution in [0.4, 0.5) is 0 Å². The van der Waals surface area contributed by atoms with Crippen LogP contribution in [0.5, 0.6) is 0 Å². The molecule has 0 amide bonds. The highest BCUT2D eigenvalue weighted by atomic mass is 16.3. The van der Waals surface area contributed by atoms with Crippen LogP contribution in [0.15, 0.2) is 24.3 Å². The molecule has 0 unspecified atom stereocenters. The molecule has 2 aliphatic rings. The summed E-state index contributed by atoms with van der Waals surface area (Å²) in [5, 5.41) is 19.6. The molecule has 0 spiro atoms. The smallest absolute Gasteiger partial charge is 0.0726 e. The molecule has 3 atom stereocenters. The Hall–Kier alpha value is -0.860. The van der Waals surface area contributed by atoms with Crippen molar-refractivity contribution in [2.45, 2.75) is 30.8 Å². The van der Waals surface area contributed by atoms with Gasteiger partial charge in [-0.1, -0.05) is 24.3 Å². The lowest BCUT2D eigenvalue weighted by Gasteiger charge is -2.54. The number of aliphatic hydroxyl groups excluding tert-OH is 1. The minimum atomic E-state index is -0.526. The van der Waals surface area contributed by atoms with E-state index in [0.717, 1.165) is 19.3 Å². The van der Waals surface area contributed by atoms with Gasteiger partial charge in [-0.2, -0.15) is 0 Å². The summed E-state index contributed by atoms with van der Waals surface area (Å²) in [6, 6.07) is 8.32. The van der Waals surface area contributed by atoms with Gasteiger partial charge in [0, 0.05) is 12.5 Å². The van der Waals surface area contributed by atoms with Crippen LogP contribution in [0.25, 0.3) is 0 Å². The molecular formula is C13H16O2. The van der Waals surface area contributed by atoms with Crippen molar-refractivity contribution in [1.29, 1.82) is 0 Å². The van der Waals surface area contributed by atoms with Crippen LogP contribution in [0.1, 0.15) is 29.9 Å². The van der Waals surface area contributed by atoms with E-state index in [1.54, 1.807) is 0 Å². The Kier molecular flexibility index (Phi) is 1.91. The van der Waals surface area contributed by atoms with E-state index in [2.05, 4.69) is 18.2 Å². The summed E-state index contributed by atoms with van der Waals surface area (Å²) in [5.41, 5.74) is 2.09. The zero-order valence-electron chi connectivity index (χ0n) is 8.69. The fraction of sp³-hybridized carbons (Fsp3) is 0.538. The molecule has 3 rings (SSSR count). The fourth-order valence-corrected chi connectivity index (χ4v) is 3.36. The number of hydrogen-bond donors (Lipinski definition) is 2. The molecule has 1 aromatic carbocycles. The first kappa shape index (κ1) is 9.37. The third kappa shape index (κ3) is 1.18. The van der Waals surface area contributed by atoms with Crippen molar-refractivity contribution in [3.63, 3.8) is 0 Å². The second kappa shape index (κ2) is 3.06. The lowest BCUT2D eigenvalue weighted by atomic mass is 9.54. The van der Waals surface area contributed by atoms with Gasteiger partial charge in [0.2, 0.25) is 0 Å². The molecule has 2 aliphatic carbocycles. The Morgan fingerprint density at radius 2 is 2.13 bits per heavy atom. The Morgan fingerprint density at radius 3 is 2.93 bits per heavy atom. The van der Waals surface area contributed by atoms with Crippen LogP contribution >= 0.6 is 0 Å². The molecule has 0 saturated heterocycles.